The smallest absolute Gasteiger partial charge is 0.285 e. The van der Waals surface area contributed by atoms with Gasteiger partial charge in [-0.2, -0.15) is 4.98 Å². The van der Waals surface area contributed by atoms with E-state index in [2.05, 4.69) is 24.3 Å². The van der Waals surface area contributed by atoms with E-state index in [1.807, 2.05) is 0 Å². The third-order valence-corrected chi connectivity index (χ3v) is 2.01. The zero-order chi connectivity index (χ0) is 8.72. The fourth-order valence-electron chi connectivity index (χ4n) is 0.916. The van der Waals surface area contributed by atoms with Crippen molar-refractivity contribution in [2.45, 2.75) is 0 Å². The average Bonchev–Trinajstić information content (AvgIpc) is 2.48. The Morgan fingerprint density at radius 1 is 1.67 bits per heavy atom. The first-order chi connectivity index (χ1) is 5.70. The second-order valence-corrected chi connectivity index (χ2v) is 2.76. The van der Waals surface area contributed by atoms with Crippen LogP contribution in [0.4, 0.5) is 5.95 Å². The molecule has 1 unspecified atom stereocenters. The lowest BCUT2D eigenvalue weighted by Gasteiger charge is -1.98. The summed E-state index contributed by atoms with van der Waals surface area (Å²) in [5.74, 6) is 0.141. The van der Waals surface area contributed by atoms with Gasteiger partial charge in [-0.15, -0.1) is 0 Å². The molecule has 2 heterocycles. The highest BCUT2D eigenvalue weighted by Gasteiger charge is 2.06. The number of rotatable bonds is 0. The van der Waals surface area contributed by atoms with E-state index >= 15 is 0 Å². The third-order valence-electron chi connectivity index (χ3n) is 1.51. The minimum atomic E-state index is -0.274. The topological polar surface area (TPSA) is 89.6 Å². The molecule has 0 aliphatic carbocycles. The molecule has 0 saturated carbocycles. The molecule has 62 valence electrons. The molecule has 0 aliphatic heterocycles. The summed E-state index contributed by atoms with van der Waals surface area (Å²) in [5, 5.41) is 0. The van der Waals surface area contributed by atoms with Crippen molar-refractivity contribution in [1.29, 1.82) is 0 Å². The van der Waals surface area contributed by atoms with Crippen LogP contribution < -0.4 is 11.3 Å². The van der Waals surface area contributed by atoms with Crippen LogP contribution in [0.25, 0.3) is 11.2 Å². The summed E-state index contributed by atoms with van der Waals surface area (Å²) in [5.41, 5.74) is 5.86. The van der Waals surface area contributed by atoms with Gasteiger partial charge in [0.25, 0.3) is 5.56 Å². The summed E-state index contributed by atoms with van der Waals surface area (Å²) in [7, 11) is 2.17. The van der Waals surface area contributed by atoms with Crippen LogP contribution in [0.2, 0.25) is 0 Å². The average molecular weight is 183 g/mol. The van der Waals surface area contributed by atoms with Crippen LogP contribution in [0.1, 0.15) is 0 Å². The maximum absolute atomic E-state index is 11.3. The van der Waals surface area contributed by atoms with Crippen molar-refractivity contribution in [3.63, 3.8) is 0 Å². The van der Waals surface area contributed by atoms with Crippen LogP contribution in [-0.2, 0) is 0 Å². The Kier molecular flexibility index (Phi) is 1.38. The molecule has 0 spiro atoms. The van der Waals surface area contributed by atoms with Gasteiger partial charge in [0, 0.05) is 0 Å². The quantitative estimate of drug-likeness (QED) is 0.530. The normalized spacial score (nSPS) is 10.8. The number of nitrogen functional groups attached to an aromatic ring is 1. The van der Waals surface area contributed by atoms with Crippen molar-refractivity contribution >= 4 is 26.5 Å². The Balaban J connectivity index is 3.05. The standard InChI is InChI=1S/C5H6N5OP/c6-5-9-3-2(7-1-8-3)4(11)10(5)12/h1H,12H2,(H2,6,9)(H,7,8). The molecule has 0 aliphatic rings. The van der Waals surface area contributed by atoms with Crippen LogP contribution in [0, 0.1) is 0 Å². The number of anilines is 1. The number of hydrogen-bond donors (Lipinski definition) is 2. The SMILES string of the molecule is Nc1nc2[nH]cnc2c(=O)n1P. The van der Waals surface area contributed by atoms with Crippen molar-refractivity contribution in [2.75, 3.05) is 5.73 Å². The van der Waals surface area contributed by atoms with Crippen LogP contribution in [0.3, 0.4) is 0 Å². The van der Waals surface area contributed by atoms with Crippen molar-refractivity contribution < 1.29 is 0 Å². The maximum atomic E-state index is 11.3. The van der Waals surface area contributed by atoms with Gasteiger partial charge in [-0.05, 0) is 9.39 Å². The van der Waals surface area contributed by atoms with Crippen LogP contribution in [-0.4, -0.2) is 19.3 Å². The summed E-state index contributed by atoms with van der Waals surface area (Å²) < 4.78 is 1.17. The molecule has 3 N–H and O–H groups in total. The molecule has 0 aromatic carbocycles. The number of fused-ring (bicyclic) bond motifs is 1. The Bertz CT molecular complexity index is 486. The molecule has 2 aromatic heterocycles. The van der Waals surface area contributed by atoms with Crippen LogP contribution in [0.5, 0.6) is 0 Å². The van der Waals surface area contributed by atoms with E-state index in [0.717, 1.165) is 0 Å². The zero-order valence-electron chi connectivity index (χ0n) is 5.98. The Morgan fingerprint density at radius 2 is 2.42 bits per heavy atom. The summed E-state index contributed by atoms with van der Waals surface area (Å²) >= 11 is 0. The largest absolute Gasteiger partial charge is 0.369 e. The molecule has 0 amide bonds. The maximum Gasteiger partial charge on any atom is 0.285 e. The first-order valence-corrected chi connectivity index (χ1v) is 3.68. The van der Waals surface area contributed by atoms with Crippen molar-refractivity contribution in [3.05, 3.63) is 16.7 Å². The van der Waals surface area contributed by atoms with Gasteiger partial charge in [0.15, 0.2) is 11.2 Å². The van der Waals surface area contributed by atoms with Gasteiger partial charge < -0.3 is 10.7 Å². The number of hydrogen-bond acceptors (Lipinski definition) is 4. The van der Waals surface area contributed by atoms with Gasteiger partial charge >= 0.3 is 0 Å². The fraction of sp³-hybridized carbons (Fsp3) is 0. The second kappa shape index (κ2) is 2.28. The predicted molar refractivity (Wildman–Crippen MR) is 47.7 cm³/mol. The second-order valence-electron chi connectivity index (χ2n) is 2.24. The molecular weight excluding hydrogens is 177 g/mol. The number of nitrogens with two attached hydrogens (primary N) is 1. The summed E-state index contributed by atoms with van der Waals surface area (Å²) in [6, 6.07) is 0. The molecule has 0 fully saturated rings. The van der Waals surface area contributed by atoms with Gasteiger partial charge in [-0.25, -0.2) is 4.98 Å². The zero-order valence-corrected chi connectivity index (χ0v) is 7.14. The molecule has 12 heavy (non-hydrogen) atoms. The first-order valence-electron chi connectivity index (χ1n) is 3.17. The Labute approximate surface area is 69.1 Å². The lowest BCUT2D eigenvalue weighted by molar-refractivity contribution is 1.11. The summed E-state index contributed by atoms with van der Waals surface area (Å²) in [6.07, 6.45) is 1.41. The molecule has 7 heteroatoms. The van der Waals surface area contributed by atoms with Crippen LogP contribution in [0.15, 0.2) is 11.1 Å². The molecule has 2 rings (SSSR count). The third kappa shape index (κ3) is 0.816. The van der Waals surface area contributed by atoms with E-state index in [-0.39, 0.29) is 11.5 Å². The number of nitrogens with one attached hydrogen (secondary N) is 1. The predicted octanol–water partition coefficient (Wildman–Crippen LogP) is -0.660. The Morgan fingerprint density at radius 3 is 3.17 bits per heavy atom. The number of nitrogens with zero attached hydrogens (tertiary/aromatic N) is 3. The lowest BCUT2D eigenvalue weighted by Crippen LogP contribution is -2.17. The molecule has 6 nitrogen and oxygen atoms in total. The lowest BCUT2D eigenvalue weighted by atomic mass is 10.5. The fourth-order valence-corrected chi connectivity index (χ4v) is 1.10. The molecule has 0 bridgehead atoms. The number of aromatic nitrogens is 4. The van der Waals surface area contributed by atoms with Crippen molar-refractivity contribution in [2.24, 2.45) is 0 Å². The number of aromatic amines is 1. The van der Waals surface area contributed by atoms with E-state index in [1.165, 1.54) is 10.7 Å². The van der Waals surface area contributed by atoms with E-state index in [9.17, 15) is 4.79 Å². The molecule has 0 saturated heterocycles. The minimum Gasteiger partial charge on any atom is -0.369 e. The van der Waals surface area contributed by atoms with E-state index in [1.54, 1.807) is 0 Å². The molecular formula is C5H6N5OP. The molecule has 2 aromatic rings. The molecule has 1 atom stereocenters. The van der Waals surface area contributed by atoms with Gasteiger partial charge in [0.2, 0.25) is 5.95 Å². The van der Waals surface area contributed by atoms with Gasteiger partial charge in [-0.1, -0.05) is 0 Å². The summed E-state index contributed by atoms with van der Waals surface area (Å²) in [6.45, 7) is 0. The van der Waals surface area contributed by atoms with E-state index in [4.69, 9.17) is 5.73 Å². The molecule has 0 radical (unpaired) electrons. The highest BCUT2D eigenvalue weighted by Crippen LogP contribution is 2.05. The number of imidazole rings is 1. The Hall–Kier alpha value is -1.42. The highest BCUT2D eigenvalue weighted by molar-refractivity contribution is 7.14. The van der Waals surface area contributed by atoms with Gasteiger partial charge in [0.05, 0.1) is 6.33 Å². The highest BCUT2D eigenvalue weighted by atomic mass is 31.0. The van der Waals surface area contributed by atoms with Crippen molar-refractivity contribution in [3.8, 4) is 0 Å². The minimum absolute atomic E-state index is 0.141. The number of H-pyrrole nitrogens is 1. The van der Waals surface area contributed by atoms with Gasteiger partial charge in [-0.3, -0.25) is 9.13 Å². The monoisotopic (exact) mass is 183 g/mol. The van der Waals surface area contributed by atoms with E-state index < -0.39 is 0 Å². The van der Waals surface area contributed by atoms with Gasteiger partial charge in [0.1, 0.15) is 0 Å². The van der Waals surface area contributed by atoms with Crippen LogP contribution >= 0.6 is 9.39 Å². The first kappa shape index (κ1) is 7.24. The van der Waals surface area contributed by atoms with Crippen molar-refractivity contribution in [1.82, 2.24) is 19.3 Å². The van der Waals surface area contributed by atoms with E-state index in [0.29, 0.717) is 11.2 Å². The summed E-state index contributed by atoms with van der Waals surface area (Å²) in [4.78, 5) is 21.8.